The molecule has 0 bridgehead atoms. The third-order valence-corrected chi connectivity index (χ3v) is 1.85. The molecule has 0 unspecified atom stereocenters. The Morgan fingerprint density at radius 3 is 2.46 bits per heavy atom. The van der Waals surface area contributed by atoms with E-state index in [0.29, 0.717) is 0 Å². The first-order valence-electron chi connectivity index (χ1n) is 4.92. The van der Waals surface area contributed by atoms with E-state index < -0.39 is 0 Å². The maximum atomic E-state index is 11.1. The summed E-state index contributed by atoms with van der Waals surface area (Å²) in [4.78, 5) is 12.7. The van der Waals surface area contributed by atoms with Crippen molar-refractivity contribution < 1.29 is 4.79 Å². The molecular formula is C11H21NO. The molecule has 2 heteroatoms. The van der Waals surface area contributed by atoms with E-state index in [1.165, 1.54) is 12.8 Å². The van der Waals surface area contributed by atoms with Gasteiger partial charge >= 0.3 is 0 Å². The van der Waals surface area contributed by atoms with Crippen LogP contribution in [0.25, 0.3) is 0 Å². The molecule has 13 heavy (non-hydrogen) atoms. The Bertz CT molecular complexity index is 171. The molecular weight excluding hydrogens is 162 g/mol. The summed E-state index contributed by atoms with van der Waals surface area (Å²) < 4.78 is 0. The fraction of sp³-hybridized carbons (Fsp3) is 0.727. The molecule has 0 aromatic heterocycles. The van der Waals surface area contributed by atoms with Gasteiger partial charge in [-0.25, -0.2) is 0 Å². The van der Waals surface area contributed by atoms with E-state index in [1.807, 2.05) is 6.08 Å². The number of amides is 1. The molecule has 0 aliphatic rings. The second-order valence-electron chi connectivity index (χ2n) is 3.96. The van der Waals surface area contributed by atoms with Gasteiger partial charge in [-0.2, -0.15) is 0 Å². The maximum Gasteiger partial charge on any atom is 0.245 e. The van der Waals surface area contributed by atoms with Gasteiger partial charge in [0, 0.05) is 14.1 Å². The Morgan fingerprint density at radius 2 is 2.00 bits per heavy atom. The molecule has 0 spiro atoms. The fourth-order valence-electron chi connectivity index (χ4n) is 0.977. The first kappa shape index (κ1) is 12.2. The lowest BCUT2D eigenvalue weighted by atomic mass is 10.1. The number of nitrogens with zero attached hydrogens (tertiary/aromatic N) is 1. The van der Waals surface area contributed by atoms with Crippen molar-refractivity contribution in [1.29, 1.82) is 0 Å². The lowest BCUT2D eigenvalue weighted by molar-refractivity contribution is -0.123. The van der Waals surface area contributed by atoms with Crippen molar-refractivity contribution in [3.8, 4) is 0 Å². The van der Waals surface area contributed by atoms with E-state index >= 15 is 0 Å². The summed E-state index contributed by atoms with van der Waals surface area (Å²) in [7, 11) is 3.53. The molecule has 0 atom stereocenters. The molecule has 0 rings (SSSR count). The highest BCUT2D eigenvalue weighted by Gasteiger charge is 1.96. The van der Waals surface area contributed by atoms with Crippen molar-refractivity contribution in [2.75, 3.05) is 14.1 Å². The van der Waals surface area contributed by atoms with Crippen molar-refractivity contribution in [2.24, 2.45) is 5.92 Å². The lowest BCUT2D eigenvalue weighted by Gasteiger charge is -2.05. The summed E-state index contributed by atoms with van der Waals surface area (Å²) in [5.74, 6) is 0.836. The van der Waals surface area contributed by atoms with Crippen LogP contribution < -0.4 is 0 Å². The van der Waals surface area contributed by atoms with Crippen LogP contribution in [-0.2, 0) is 4.79 Å². The van der Waals surface area contributed by atoms with Crippen LogP contribution in [0.5, 0.6) is 0 Å². The average molecular weight is 183 g/mol. The minimum Gasteiger partial charge on any atom is -0.345 e. The first-order chi connectivity index (χ1) is 6.04. The number of unbranched alkanes of at least 4 members (excludes halogenated alkanes) is 1. The van der Waals surface area contributed by atoms with Crippen molar-refractivity contribution in [3.63, 3.8) is 0 Å². The van der Waals surface area contributed by atoms with Gasteiger partial charge in [-0.3, -0.25) is 4.79 Å². The summed E-state index contributed by atoms with van der Waals surface area (Å²) in [6.07, 6.45) is 7.04. The summed E-state index contributed by atoms with van der Waals surface area (Å²) in [6.45, 7) is 4.43. The quantitative estimate of drug-likeness (QED) is 0.473. The van der Waals surface area contributed by atoms with Crippen molar-refractivity contribution >= 4 is 5.91 Å². The molecule has 0 heterocycles. The molecule has 0 aliphatic carbocycles. The van der Waals surface area contributed by atoms with Crippen LogP contribution in [0.3, 0.4) is 0 Å². The molecule has 0 saturated heterocycles. The number of carbonyl (C=O) groups is 1. The lowest BCUT2D eigenvalue weighted by Crippen LogP contribution is -2.18. The molecule has 0 N–H and O–H groups in total. The Labute approximate surface area is 81.6 Å². The Balaban J connectivity index is 3.47. The fourth-order valence-corrected chi connectivity index (χ4v) is 0.977. The van der Waals surface area contributed by atoms with Gasteiger partial charge in [-0.1, -0.05) is 26.3 Å². The zero-order valence-electron chi connectivity index (χ0n) is 9.21. The van der Waals surface area contributed by atoms with Crippen LogP contribution in [0, 0.1) is 5.92 Å². The Morgan fingerprint density at radius 1 is 1.38 bits per heavy atom. The second kappa shape index (κ2) is 6.70. The molecule has 0 aromatic carbocycles. The monoisotopic (exact) mass is 183 g/mol. The van der Waals surface area contributed by atoms with E-state index in [1.54, 1.807) is 25.1 Å². The highest BCUT2D eigenvalue weighted by atomic mass is 16.2. The zero-order valence-corrected chi connectivity index (χ0v) is 9.21. The normalized spacial score (nSPS) is 11.2. The standard InChI is InChI=1S/C11H21NO/c1-10(2)8-6-5-7-9-11(13)12(3)4/h7,9-10H,5-6,8H2,1-4H3/b9-7+. The molecule has 0 radical (unpaired) electrons. The predicted molar refractivity (Wildman–Crippen MR) is 56.5 cm³/mol. The van der Waals surface area contributed by atoms with E-state index in [2.05, 4.69) is 13.8 Å². The number of hydrogen-bond acceptors (Lipinski definition) is 1. The average Bonchev–Trinajstić information content (AvgIpc) is 2.02. The zero-order chi connectivity index (χ0) is 10.3. The predicted octanol–water partition coefficient (Wildman–Crippen LogP) is 2.46. The van der Waals surface area contributed by atoms with Gasteiger partial charge in [-0.05, 0) is 24.8 Å². The van der Waals surface area contributed by atoms with Crippen LogP contribution in [-0.4, -0.2) is 24.9 Å². The second-order valence-corrected chi connectivity index (χ2v) is 3.96. The molecule has 0 saturated carbocycles. The van der Waals surface area contributed by atoms with Crippen molar-refractivity contribution in [2.45, 2.75) is 33.1 Å². The first-order valence-corrected chi connectivity index (χ1v) is 4.92. The number of carbonyl (C=O) groups excluding carboxylic acids is 1. The van der Waals surface area contributed by atoms with Crippen LogP contribution >= 0.6 is 0 Å². The summed E-state index contributed by atoms with van der Waals surface area (Å²) in [5, 5.41) is 0. The third kappa shape index (κ3) is 7.57. The van der Waals surface area contributed by atoms with Gasteiger partial charge in [0.2, 0.25) is 5.91 Å². The molecule has 2 nitrogen and oxygen atoms in total. The highest BCUT2D eigenvalue weighted by molar-refractivity contribution is 5.86. The topological polar surface area (TPSA) is 20.3 Å². The van der Waals surface area contributed by atoms with Crippen molar-refractivity contribution in [3.05, 3.63) is 12.2 Å². The van der Waals surface area contributed by atoms with Gasteiger partial charge in [0.25, 0.3) is 0 Å². The third-order valence-electron chi connectivity index (χ3n) is 1.85. The number of allylic oxidation sites excluding steroid dienone is 1. The summed E-state index contributed by atoms with van der Waals surface area (Å²) in [6, 6.07) is 0. The summed E-state index contributed by atoms with van der Waals surface area (Å²) in [5.41, 5.74) is 0. The summed E-state index contributed by atoms with van der Waals surface area (Å²) >= 11 is 0. The highest BCUT2D eigenvalue weighted by Crippen LogP contribution is 2.06. The minimum atomic E-state index is 0.0737. The molecule has 0 aromatic rings. The van der Waals surface area contributed by atoms with E-state index in [4.69, 9.17) is 0 Å². The Kier molecular flexibility index (Phi) is 6.29. The molecule has 0 fully saturated rings. The van der Waals surface area contributed by atoms with Crippen LogP contribution in [0.2, 0.25) is 0 Å². The molecule has 76 valence electrons. The maximum absolute atomic E-state index is 11.1. The number of rotatable bonds is 5. The van der Waals surface area contributed by atoms with Gasteiger partial charge in [0.05, 0.1) is 0 Å². The van der Waals surface area contributed by atoms with E-state index in [-0.39, 0.29) is 5.91 Å². The van der Waals surface area contributed by atoms with Crippen LogP contribution in [0.4, 0.5) is 0 Å². The van der Waals surface area contributed by atoms with E-state index in [0.717, 1.165) is 12.3 Å². The van der Waals surface area contributed by atoms with Gasteiger partial charge in [0.1, 0.15) is 0 Å². The molecule has 1 amide bonds. The van der Waals surface area contributed by atoms with Gasteiger partial charge < -0.3 is 4.90 Å². The van der Waals surface area contributed by atoms with Gasteiger partial charge in [-0.15, -0.1) is 0 Å². The van der Waals surface area contributed by atoms with Crippen molar-refractivity contribution in [1.82, 2.24) is 4.90 Å². The van der Waals surface area contributed by atoms with Crippen LogP contribution in [0.1, 0.15) is 33.1 Å². The van der Waals surface area contributed by atoms with E-state index in [9.17, 15) is 4.79 Å². The van der Waals surface area contributed by atoms with Gasteiger partial charge in [0.15, 0.2) is 0 Å². The smallest absolute Gasteiger partial charge is 0.245 e. The SMILES string of the molecule is CC(C)CCC/C=C/C(=O)N(C)C. The van der Waals surface area contributed by atoms with Crippen LogP contribution in [0.15, 0.2) is 12.2 Å². The Hall–Kier alpha value is -0.790. The largest absolute Gasteiger partial charge is 0.345 e. The number of likely N-dealkylation sites (N-methyl/N-ethyl adjacent to an activating group) is 1. The number of hydrogen-bond donors (Lipinski definition) is 0. The minimum absolute atomic E-state index is 0.0737. The molecule has 0 aliphatic heterocycles.